The van der Waals surface area contributed by atoms with Crippen molar-refractivity contribution < 1.29 is 17.5 Å². The summed E-state index contributed by atoms with van der Waals surface area (Å²) in [5, 5.41) is 0.0556. The zero-order valence-electron chi connectivity index (χ0n) is 11.1. The Morgan fingerprint density at radius 2 is 1.95 bits per heavy atom. The van der Waals surface area contributed by atoms with Crippen LogP contribution in [-0.2, 0) is 15.6 Å². The van der Waals surface area contributed by atoms with Gasteiger partial charge in [-0.05, 0) is 29.8 Å². The van der Waals surface area contributed by atoms with Gasteiger partial charge in [-0.25, -0.2) is 12.8 Å². The monoisotopic (exact) mass is 329 g/mol. The molecule has 0 heterocycles. The summed E-state index contributed by atoms with van der Waals surface area (Å²) in [5.41, 5.74) is 6.14. The summed E-state index contributed by atoms with van der Waals surface area (Å²) in [7, 11) is -2.29. The molecule has 2 N–H and O–H groups in total. The molecule has 0 saturated carbocycles. The first-order chi connectivity index (χ1) is 9.83. The largest absolute Gasteiger partial charge is 0.497 e. The van der Waals surface area contributed by atoms with Gasteiger partial charge in [0.15, 0.2) is 9.84 Å². The molecule has 0 aliphatic rings. The highest BCUT2D eigenvalue weighted by Gasteiger charge is 2.21. The number of methoxy groups -OCH3 is 1. The van der Waals surface area contributed by atoms with E-state index in [1.807, 2.05) is 0 Å². The smallest absolute Gasteiger partial charge is 0.184 e. The molecule has 2 aromatic rings. The van der Waals surface area contributed by atoms with Crippen LogP contribution in [0.25, 0.3) is 0 Å². The van der Waals surface area contributed by atoms with E-state index in [0.29, 0.717) is 11.3 Å². The van der Waals surface area contributed by atoms with Crippen LogP contribution < -0.4 is 10.5 Å². The van der Waals surface area contributed by atoms with Crippen molar-refractivity contribution in [2.24, 2.45) is 0 Å². The summed E-state index contributed by atoms with van der Waals surface area (Å²) in [6, 6.07) is 7.94. The van der Waals surface area contributed by atoms with Gasteiger partial charge in [-0.3, -0.25) is 0 Å². The highest BCUT2D eigenvalue weighted by Crippen LogP contribution is 2.29. The number of anilines is 1. The third kappa shape index (κ3) is 3.46. The Morgan fingerprint density at radius 3 is 2.57 bits per heavy atom. The number of nitrogen functional groups attached to an aromatic ring is 1. The average Bonchev–Trinajstić information content (AvgIpc) is 2.42. The van der Waals surface area contributed by atoms with Gasteiger partial charge < -0.3 is 10.5 Å². The van der Waals surface area contributed by atoms with Crippen LogP contribution in [0.2, 0.25) is 5.02 Å². The maximum Gasteiger partial charge on any atom is 0.184 e. The molecule has 0 unspecified atom stereocenters. The van der Waals surface area contributed by atoms with E-state index in [9.17, 15) is 12.8 Å². The van der Waals surface area contributed by atoms with E-state index in [-0.39, 0.29) is 21.4 Å². The number of halogens is 2. The Balaban J connectivity index is 2.43. The van der Waals surface area contributed by atoms with Gasteiger partial charge >= 0.3 is 0 Å². The zero-order valence-corrected chi connectivity index (χ0v) is 12.7. The molecule has 7 heteroatoms. The van der Waals surface area contributed by atoms with Gasteiger partial charge in [-0.2, -0.15) is 0 Å². The van der Waals surface area contributed by atoms with Crippen LogP contribution in [0.3, 0.4) is 0 Å². The molecule has 2 rings (SSSR count). The van der Waals surface area contributed by atoms with Gasteiger partial charge in [-0.15, -0.1) is 0 Å². The van der Waals surface area contributed by atoms with Gasteiger partial charge in [0.05, 0.1) is 23.4 Å². The summed E-state index contributed by atoms with van der Waals surface area (Å²) in [5.74, 6) is -0.515. The fraction of sp³-hybridized carbons (Fsp3) is 0.143. The maximum atomic E-state index is 13.0. The second kappa shape index (κ2) is 5.91. The highest BCUT2D eigenvalue weighted by molar-refractivity contribution is 7.90. The maximum absolute atomic E-state index is 13.0. The van der Waals surface area contributed by atoms with Crippen molar-refractivity contribution in [3.63, 3.8) is 0 Å². The third-order valence-electron chi connectivity index (χ3n) is 2.92. The quantitative estimate of drug-likeness (QED) is 0.875. The molecule has 0 radical (unpaired) electrons. The minimum absolute atomic E-state index is 0.0396. The molecule has 0 aromatic heterocycles. The van der Waals surface area contributed by atoms with Crippen molar-refractivity contribution in [1.82, 2.24) is 0 Å². The van der Waals surface area contributed by atoms with E-state index in [0.717, 1.165) is 12.1 Å². The molecular formula is C14H13ClFNO3S. The van der Waals surface area contributed by atoms with E-state index in [2.05, 4.69) is 0 Å². The molecule has 112 valence electrons. The van der Waals surface area contributed by atoms with E-state index in [1.165, 1.54) is 25.3 Å². The zero-order chi connectivity index (χ0) is 15.6. The standard InChI is InChI=1S/C14H13ClFNO3S/c1-20-11-4-5-13(17)14(7-11)21(18,19)8-9-2-3-10(16)6-12(9)15/h2-7H,8,17H2,1H3. The highest BCUT2D eigenvalue weighted by atomic mass is 35.5. The van der Waals surface area contributed by atoms with Gasteiger partial charge in [0.1, 0.15) is 11.6 Å². The molecule has 0 aliphatic heterocycles. The van der Waals surface area contributed by atoms with Crippen LogP contribution in [0.5, 0.6) is 5.75 Å². The molecule has 21 heavy (non-hydrogen) atoms. The van der Waals surface area contributed by atoms with Crippen LogP contribution in [0, 0.1) is 5.82 Å². The first-order valence-electron chi connectivity index (χ1n) is 5.93. The van der Waals surface area contributed by atoms with Gasteiger partial charge in [0, 0.05) is 11.1 Å². The molecule has 0 spiro atoms. The summed E-state index contributed by atoms with van der Waals surface area (Å²) in [6.45, 7) is 0. The molecule has 0 bridgehead atoms. The Morgan fingerprint density at radius 1 is 1.24 bits per heavy atom. The van der Waals surface area contributed by atoms with E-state index < -0.39 is 15.7 Å². The molecule has 4 nitrogen and oxygen atoms in total. The van der Waals surface area contributed by atoms with Crippen LogP contribution >= 0.6 is 11.6 Å². The number of rotatable bonds is 4. The predicted octanol–water partition coefficient (Wildman–Crippen LogP) is 3.04. The minimum Gasteiger partial charge on any atom is -0.497 e. The number of nitrogens with two attached hydrogens (primary N) is 1. The number of hydrogen-bond donors (Lipinski definition) is 1. The van der Waals surface area contributed by atoms with Crippen molar-refractivity contribution in [2.75, 3.05) is 12.8 Å². The lowest BCUT2D eigenvalue weighted by molar-refractivity contribution is 0.413. The van der Waals surface area contributed by atoms with Crippen molar-refractivity contribution in [1.29, 1.82) is 0 Å². The number of hydrogen-bond acceptors (Lipinski definition) is 4. The Kier molecular flexibility index (Phi) is 4.39. The SMILES string of the molecule is COc1ccc(N)c(S(=O)(=O)Cc2ccc(F)cc2Cl)c1. The average molecular weight is 330 g/mol. The van der Waals surface area contributed by atoms with E-state index >= 15 is 0 Å². The minimum atomic E-state index is -3.72. The predicted molar refractivity (Wildman–Crippen MR) is 79.7 cm³/mol. The summed E-state index contributed by atoms with van der Waals surface area (Å²) in [6.07, 6.45) is 0. The molecule has 0 aliphatic carbocycles. The molecule has 2 aromatic carbocycles. The molecule has 0 amide bonds. The molecule has 0 saturated heterocycles. The van der Waals surface area contributed by atoms with E-state index in [1.54, 1.807) is 6.07 Å². The van der Waals surface area contributed by atoms with Crippen LogP contribution in [0.4, 0.5) is 10.1 Å². The van der Waals surface area contributed by atoms with Gasteiger partial charge in [-0.1, -0.05) is 17.7 Å². The lowest BCUT2D eigenvalue weighted by Gasteiger charge is -2.10. The first-order valence-corrected chi connectivity index (χ1v) is 7.96. The van der Waals surface area contributed by atoms with Crippen LogP contribution in [0.15, 0.2) is 41.3 Å². The first kappa shape index (κ1) is 15.6. The molecule has 0 atom stereocenters. The number of sulfone groups is 1. The van der Waals surface area contributed by atoms with Crippen molar-refractivity contribution >= 4 is 27.1 Å². The molecule has 0 fully saturated rings. The van der Waals surface area contributed by atoms with Crippen LogP contribution in [-0.4, -0.2) is 15.5 Å². The van der Waals surface area contributed by atoms with E-state index in [4.69, 9.17) is 22.1 Å². The third-order valence-corrected chi connectivity index (χ3v) is 4.98. The summed E-state index contributed by atoms with van der Waals surface area (Å²) < 4.78 is 42.9. The van der Waals surface area contributed by atoms with Crippen molar-refractivity contribution in [3.05, 3.63) is 52.8 Å². The number of ether oxygens (including phenoxy) is 1. The Bertz CT molecular complexity index is 778. The summed E-state index contributed by atoms with van der Waals surface area (Å²) in [4.78, 5) is -0.0396. The number of benzene rings is 2. The fourth-order valence-electron chi connectivity index (χ4n) is 1.83. The normalized spacial score (nSPS) is 11.4. The van der Waals surface area contributed by atoms with Gasteiger partial charge in [0.25, 0.3) is 0 Å². The summed E-state index contributed by atoms with van der Waals surface area (Å²) >= 11 is 5.86. The Hall–Kier alpha value is -1.79. The van der Waals surface area contributed by atoms with Crippen molar-refractivity contribution in [3.8, 4) is 5.75 Å². The second-order valence-corrected chi connectivity index (χ2v) is 6.76. The molecular weight excluding hydrogens is 317 g/mol. The topological polar surface area (TPSA) is 69.4 Å². The fourth-order valence-corrected chi connectivity index (χ4v) is 3.69. The lowest BCUT2D eigenvalue weighted by atomic mass is 10.2. The van der Waals surface area contributed by atoms with Gasteiger partial charge in [0.2, 0.25) is 0 Å². The van der Waals surface area contributed by atoms with Crippen LogP contribution in [0.1, 0.15) is 5.56 Å². The van der Waals surface area contributed by atoms with Crippen molar-refractivity contribution in [2.45, 2.75) is 10.6 Å². The Labute approximate surface area is 127 Å². The second-order valence-electron chi connectivity index (χ2n) is 4.40. The lowest BCUT2D eigenvalue weighted by Crippen LogP contribution is -2.08.